The van der Waals surface area contributed by atoms with Crippen LogP contribution in [0.2, 0.25) is 0 Å². The third-order valence-electron chi connectivity index (χ3n) is 4.23. The first-order valence-electron chi connectivity index (χ1n) is 7.84. The highest BCUT2D eigenvalue weighted by Gasteiger charge is 2.36. The molecule has 0 bridgehead atoms. The van der Waals surface area contributed by atoms with Crippen molar-refractivity contribution in [2.45, 2.75) is 17.7 Å². The second-order valence-corrected chi connectivity index (χ2v) is 7.77. The maximum Gasteiger partial charge on any atom is 0.261 e. The summed E-state index contributed by atoms with van der Waals surface area (Å²) in [5, 5.41) is 9.21. The minimum absolute atomic E-state index is 0.0143. The van der Waals surface area contributed by atoms with Crippen LogP contribution in [-0.4, -0.2) is 54.4 Å². The molecular weight excluding hydrogens is 326 g/mol. The summed E-state index contributed by atoms with van der Waals surface area (Å²) in [6.45, 7) is 1.42. The Morgan fingerprint density at radius 1 is 1.12 bits per heavy atom. The second-order valence-electron chi connectivity index (χ2n) is 5.93. The minimum atomic E-state index is -3.73. The normalized spacial score (nSPS) is 20.2. The van der Waals surface area contributed by atoms with Crippen LogP contribution in [0.25, 0.3) is 0 Å². The average molecular weight is 347 g/mol. The summed E-state index contributed by atoms with van der Waals surface area (Å²) in [5.41, 5.74) is 1.31. The van der Waals surface area contributed by atoms with Crippen molar-refractivity contribution in [2.75, 3.05) is 26.7 Å². The van der Waals surface area contributed by atoms with Crippen LogP contribution in [0.1, 0.15) is 17.3 Å². The quantitative estimate of drug-likeness (QED) is 0.901. The highest BCUT2D eigenvalue weighted by atomic mass is 32.2. The van der Waals surface area contributed by atoms with E-state index in [4.69, 9.17) is 0 Å². The molecule has 1 aliphatic rings. The zero-order valence-corrected chi connectivity index (χ0v) is 14.4. The molecule has 1 N–H and O–H groups in total. The predicted molar refractivity (Wildman–Crippen MR) is 90.7 cm³/mol. The van der Waals surface area contributed by atoms with Gasteiger partial charge in [-0.05, 0) is 24.7 Å². The van der Waals surface area contributed by atoms with E-state index in [-0.39, 0.29) is 17.7 Å². The number of sulfonamides is 1. The van der Waals surface area contributed by atoms with Crippen LogP contribution in [0, 0.1) is 0 Å². The average Bonchev–Trinajstić information content (AvgIpc) is 2.62. The maximum absolute atomic E-state index is 13.1. The van der Waals surface area contributed by atoms with Gasteiger partial charge in [-0.3, -0.25) is 0 Å². The molecule has 0 radical (unpaired) electrons. The molecule has 6 nitrogen and oxygen atoms in total. The van der Waals surface area contributed by atoms with Crippen LogP contribution >= 0.6 is 0 Å². The van der Waals surface area contributed by atoms with Crippen LogP contribution in [-0.2, 0) is 16.6 Å². The van der Waals surface area contributed by atoms with Crippen molar-refractivity contribution in [1.82, 2.24) is 14.2 Å². The number of aliphatic hydroxyl groups is 1. The van der Waals surface area contributed by atoms with Crippen LogP contribution in [0.5, 0.6) is 0 Å². The Hall–Kier alpha value is -1.80. The number of rotatable bonds is 4. The smallest absolute Gasteiger partial charge is 0.261 e. The van der Waals surface area contributed by atoms with E-state index in [0.717, 1.165) is 5.56 Å². The Morgan fingerprint density at radius 2 is 1.88 bits per heavy atom. The van der Waals surface area contributed by atoms with E-state index < -0.39 is 10.0 Å². The van der Waals surface area contributed by atoms with E-state index in [9.17, 15) is 13.5 Å². The van der Waals surface area contributed by atoms with E-state index in [1.54, 1.807) is 12.1 Å². The zero-order chi connectivity index (χ0) is 17.2. The first kappa shape index (κ1) is 17.0. The van der Waals surface area contributed by atoms with E-state index in [1.807, 2.05) is 37.4 Å². The number of aromatic nitrogens is 1. The molecular formula is C17H21N3O3S. The highest BCUT2D eigenvalue weighted by Crippen LogP contribution is 2.30. The van der Waals surface area contributed by atoms with Gasteiger partial charge in [0.25, 0.3) is 10.0 Å². The first-order valence-corrected chi connectivity index (χ1v) is 9.28. The lowest BCUT2D eigenvalue weighted by atomic mass is 10.1. The molecule has 1 aromatic heterocycles. The van der Waals surface area contributed by atoms with Gasteiger partial charge in [-0.1, -0.05) is 36.4 Å². The fraction of sp³-hybridized carbons (Fsp3) is 0.353. The fourth-order valence-electron chi connectivity index (χ4n) is 2.95. The van der Waals surface area contributed by atoms with Crippen molar-refractivity contribution in [3.8, 4) is 0 Å². The molecule has 0 spiro atoms. The van der Waals surface area contributed by atoms with Gasteiger partial charge in [-0.15, -0.1) is 0 Å². The molecule has 1 unspecified atom stereocenters. The first-order chi connectivity index (χ1) is 11.5. The Bertz CT molecular complexity index is 796. The molecule has 24 heavy (non-hydrogen) atoms. The van der Waals surface area contributed by atoms with E-state index in [2.05, 4.69) is 9.88 Å². The van der Waals surface area contributed by atoms with Crippen molar-refractivity contribution < 1.29 is 13.5 Å². The van der Waals surface area contributed by atoms with Gasteiger partial charge in [-0.2, -0.15) is 4.31 Å². The molecule has 1 aromatic carbocycles. The number of likely N-dealkylation sites (N-methyl/N-ethyl adjacent to an activating group) is 1. The SMILES string of the molecule is CN1CCN(S(=O)(=O)c2cccc(CO)n2)C(c2ccccc2)C1. The number of hydrogen-bond acceptors (Lipinski definition) is 5. The molecule has 0 aliphatic carbocycles. The van der Waals surface area contributed by atoms with Crippen molar-refractivity contribution in [3.63, 3.8) is 0 Å². The van der Waals surface area contributed by atoms with Crippen LogP contribution in [0.4, 0.5) is 0 Å². The van der Waals surface area contributed by atoms with Crippen molar-refractivity contribution in [2.24, 2.45) is 0 Å². The Kier molecular flexibility index (Phi) is 4.96. The number of benzene rings is 1. The zero-order valence-electron chi connectivity index (χ0n) is 13.5. The van der Waals surface area contributed by atoms with Gasteiger partial charge >= 0.3 is 0 Å². The van der Waals surface area contributed by atoms with E-state index in [1.165, 1.54) is 10.4 Å². The summed E-state index contributed by atoms with van der Waals surface area (Å²) in [5.74, 6) is 0. The van der Waals surface area contributed by atoms with E-state index >= 15 is 0 Å². The molecule has 3 rings (SSSR count). The number of piperazine rings is 1. The molecule has 1 saturated heterocycles. The highest BCUT2D eigenvalue weighted by molar-refractivity contribution is 7.89. The lowest BCUT2D eigenvalue weighted by Gasteiger charge is -2.39. The third-order valence-corrected chi connectivity index (χ3v) is 6.05. The molecule has 1 atom stereocenters. The number of aliphatic hydroxyl groups excluding tert-OH is 1. The van der Waals surface area contributed by atoms with Gasteiger partial charge in [0.15, 0.2) is 5.03 Å². The number of hydrogen-bond donors (Lipinski definition) is 1. The summed E-state index contributed by atoms with van der Waals surface area (Å²) < 4.78 is 27.7. The molecule has 1 fully saturated rings. The van der Waals surface area contributed by atoms with Crippen molar-refractivity contribution >= 4 is 10.0 Å². The third kappa shape index (κ3) is 3.34. The fourth-order valence-corrected chi connectivity index (χ4v) is 4.52. The molecule has 0 amide bonds. The van der Waals surface area contributed by atoms with Gasteiger partial charge < -0.3 is 10.0 Å². The summed E-state index contributed by atoms with van der Waals surface area (Å²) in [4.78, 5) is 6.22. The number of pyridine rings is 1. The largest absolute Gasteiger partial charge is 0.390 e. The van der Waals surface area contributed by atoms with Crippen molar-refractivity contribution in [3.05, 3.63) is 59.8 Å². The van der Waals surface area contributed by atoms with E-state index in [0.29, 0.717) is 25.3 Å². The minimum Gasteiger partial charge on any atom is -0.390 e. The summed E-state index contributed by atoms with van der Waals surface area (Å²) in [7, 11) is -1.74. The molecule has 2 heterocycles. The second kappa shape index (κ2) is 6.98. The maximum atomic E-state index is 13.1. The number of nitrogens with zero attached hydrogens (tertiary/aromatic N) is 3. The summed E-state index contributed by atoms with van der Waals surface area (Å²) >= 11 is 0. The summed E-state index contributed by atoms with van der Waals surface area (Å²) in [6.07, 6.45) is 0. The van der Waals surface area contributed by atoms with Crippen molar-refractivity contribution in [1.29, 1.82) is 0 Å². The molecule has 128 valence electrons. The standard InChI is InChI=1S/C17H21N3O3S/c1-19-10-11-20(16(12-19)14-6-3-2-4-7-14)24(22,23)17-9-5-8-15(13-21)18-17/h2-9,16,21H,10-13H2,1H3. The van der Waals surface area contributed by atoms with Gasteiger partial charge in [0.05, 0.1) is 18.3 Å². The van der Waals surface area contributed by atoms with Crippen LogP contribution in [0.3, 0.4) is 0 Å². The van der Waals surface area contributed by atoms with Gasteiger partial charge in [0.1, 0.15) is 0 Å². The summed E-state index contributed by atoms with van der Waals surface area (Å²) in [6, 6.07) is 14.1. The molecule has 1 aliphatic heterocycles. The van der Waals surface area contributed by atoms with Gasteiger partial charge in [0, 0.05) is 19.6 Å². The lowest BCUT2D eigenvalue weighted by Crippen LogP contribution is -2.49. The monoisotopic (exact) mass is 347 g/mol. The molecule has 0 saturated carbocycles. The molecule has 7 heteroatoms. The topological polar surface area (TPSA) is 73.7 Å². The van der Waals surface area contributed by atoms with Gasteiger partial charge in [-0.25, -0.2) is 13.4 Å². The Morgan fingerprint density at radius 3 is 2.58 bits per heavy atom. The van der Waals surface area contributed by atoms with Crippen LogP contribution in [0.15, 0.2) is 53.6 Å². The van der Waals surface area contributed by atoms with Gasteiger partial charge in [0.2, 0.25) is 0 Å². The Labute approximate surface area is 142 Å². The molecule has 2 aromatic rings. The van der Waals surface area contributed by atoms with Crippen LogP contribution < -0.4 is 0 Å². The Balaban J connectivity index is 2.00. The predicted octanol–water partition coefficient (Wildman–Crippen LogP) is 1.25. The lowest BCUT2D eigenvalue weighted by molar-refractivity contribution is 0.160.